The molecule has 0 spiro atoms. The van der Waals surface area contributed by atoms with E-state index in [2.05, 4.69) is 15.3 Å². The van der Waals surface area contributed by atoms with Gasteiger partial charge in [-0.25, -0.2) is 14.8 Å². The van der Waals surface area contributed by atoms with E-state index in [1.165, 1.54) is 28.0 Å². The molecule has 0 bridgehead atoms. The first kappa shape index (κ1) is 34.7. The number of hydrogen-bond acceptors (Lipinski definition) is 9. The van der Waals surface area contributed by atoms with Crippen molar-refractivity contribution in [3.63, 3.8) is 0 Å². The standard InChI is InChI=1S/C32H42N6O7/c1-7-44-31(43)38-19-17-37(18-20-38)30(42)24(14-16-27(40)45-32(2,3)4)35-29(41)25-21-23(13-15-26(39)36(5)6)33-28(34-25)22-11-9-8-10-12-22/h8-13,15,21,24H,7,14,16-20H2,1-6H3,(H,35,41). The van der Waals surface area contributed by atoms with E-state index in [9.17, 15) is 24.0 Å². The molecule has 0 saturated carbocycles. The molecule has 0 aliphatic carbocycles. The van der Waals surface area contributed by atoms with E-state index in [-0.39, 0.29) is 63.1 Å². The summed E-state index contributed by atoms with van der Waals surface area (Å²) in [6.07, 6.45) is 2.24. The van der Waals surface area contributed by atoms with Crippen molar-refractivity contribution >= 4 is 35.9 Å². The first-order valence-electron chi connectivity index (χ1n) is 14.8. The van der Waals surface area contributed by atoms with Gasteiger partial charge in [-0.05, 0) is 46.3 Å². The molecule has 1 aromatic heterocycles. The number of nitrogens with one attached hydrogen (secondary N) is 1. The van der Waals surface area contributed by atoms with Gasteiger partial charge in [0, 0.05) is 58.3 Å². The van der Waals surface area contributed by atoms with Gasteiger partial charge in [0.2, 0.25) is 11.8 Å². The van der Waals surface area contributed by atoms with Gasteiger partial charge in [-0.2, -0.15) is 0 Å². The van der Waals surface area contributed by atoms with Crippen LogP contribution < -0.4 is 5.32 Å². The molecule has 13 heteroatoms. The van der Waals surface area contributed by atoms with Gasteiger partial charge in [0.15, 0.2) is 5.82 Å². The molecule has 1 aliphatic rings. The van der Waals surface area contributed by atoms with Gasteiger partial charge in [0.05, 0.1) is 12.3 Å². The van der Waals surface area contributed by atoms with E-state index in [4.69, 9.17) is 9.47 Å². The van der Waals surface area contributed by atoms with E-state index >= 15 is 0 Å². The lowest BCUT2D eigenvalue weighted by atomic mass is 10.1. The maximum absolute atomic E-state index is 13.7. The van der Waals surface area contributed by atoms with E-state index in [0.29, 0.717) is 11.3 Å². The first-order chi connectivity index (χ1) is 21.3. The van der Waals surface area contributed by atoms with Crippen LogP contribution in [0.15, 0.2) is 42.5 Å². The second kappa shape index (κ2) is 15.8. The molecule has 1 aliphatic heterocycles. The number of esters is 1. The Morgan fingerprint density at radius 1 is 1.00 bits per heavy atom. The van der Waals surface area contributed by atoms with Crippen LogP contribution in [0.2, 0.25) is 0 Å². The molecule has 3 rings (SSSR count). The highest BCUT2D eigenvalue weighted by Crippen LogP contribution is 2.18. The van der Waals surface area contributed by atoms with Crippen LogP contribution in [0.25, 0.3) is 17.5 Å². The number of aromatic nitrogens is 2. The van der Waals surface area contributed by atoms with Crippen molar-refractivity contribution in [2.45, 2.75) is 52.2 Å². The highest BCUT2D eigenvalue weighted by Gasteiger charge is 2.32. The fourth-order valence-electron chi connectivity index (χ4n) is 4.38. The van der Waals surface area contributed by atoms with Crippen LogP contribution in [0.1, 0.15) is 56.7 Å². The first-order valence-corrected chi connectivity index (χ1v) is 14.8. The number of nitrogens with zero attached hydrogens (tertiary/aromatic N) is 5. The average molecular weight is 623 g/mol. The number of piperazine rings is 1. The van der Waals surface area contributed by atoms with Crippen LogP contribution in [-0.4, -0.2) is 113 Å². The number of carbonyl (C=O) groups is 5. The molecule has 1 N–H and O–H groups in total. The van der Waals surface area contributed by atoms with Crippen LogP contribution >= 0.6 is 0 Å². The second-order valence-electron chi connectivity index (χ2n) is 11.6. The molecule has 0 radical (unpaired) electrons. The Labute approximate surface area is 263 Å². The number of amides is 4. The SMILES string of the molecule is CCOC(=O)N1CCN(C(=O)C(CCC(=O)OC(C)(C)C)NC(=O)c2cc(C=CC(=O)N(C)C)nc(-c3ccccc3)n2)CC1. The number of hydrogen-bond donors (Lipinski definition) is 1. The molecule has 1 aromatic carbocycles. The topological polar surface area (TPSA) is 151 Å². The Hall–Kier alpha value is -4.81. The number of likely N-dealkylation sites (N-methyl/N-ethyl adjacent to an activating group) is 1. The van der Waals surface area contributed by atoms with Gasteiger partial charge in [0.25, 0.3) is 5.91 Å². The summed E-state index contributed by atoms with van der Waals surface area (Å²) >= 11 is 0. The van der Waals surface area contributed by atoms with Crippen molar-refractivity contribution in [1.29, 1.82) is 0 Å². The Bertz CT molecular complexity index is 1400. The lowest BCUT2D eigenvalue weighted by Gasteiger charge is -2.36. The summed E-state index contributed by atoms with van der Waals surface area (Å²) < 4.78 is 10.5. The van der Waals surface area contributed by atoms with E-state index in [1.54, 1.807) is 58.8 Å². The van der Waals surface area contributed by atoms with Gasteiger partial charge < -0.3 is 29.5 Å². The summed E-state index contributed by atoms with van der Waals surface area (Å²) in [4.78, 5) is 77.6. The fourth-order valence-corrected chi connectivity index (χ4v) is 4.38. The number of carbonyl (C=O) groups excluding carboxylic acids is 5. The van der Waals surface area contributed by atoms with Gasteiger partial charge in [0.1, 0.15) is 17.3 Å². The predicted molar refractivity (Wildman–Crippen MR) is 167 cm³/mol. The maximum atomic E-state index is 13.7. The summed E-state index contributed by atoms with van der Waals surface area (Å²) in [5, 5.41) is 2.76. The minimum atomic E-state index is -1.08. The molecule has 2 heterocycles. The average Bonchev–Trinajstić information content (AvgIpc) is 3.01. The monoisotopic (exact) mass is 622 g/mol. The van der Waals surface area contributed by atoms with Gasteiger partial charge >= 0.3 is 12.1 Å². The highest BCUT2D eigenvalue weighted by atomic mass is 16.6. The normalized spacial score (nSPS) is 14.1. The predicted octanol–water partition coefficient (Wildman–Crippen LogP) is 2.77. The lowest BCUT2D eigenvalue weighted by molar-refractivity contribution is -0.155. The summed E-state index contributed by atoms with van der Waals surface area (Å²) in [6, 6.07) is 9.38. The van der Waals surface area contributed by atoms with Crippen molar-refractivity contribution in [2.24, 2.45) is 0 Å². The molecule has 45 heavy (non-hydrogen) atoms. The largest absolute Gasteiger partial charge is 0.460 e. The summed E-state index contributed by atoms with van der Waals surface area (Å²) in [6.45, 7) is 8.21. The van der Waals surface area contributed by atoms with Crippen LogP contribution in [0.3, 0.4) is 0 Å². The number of ether oxygens (including phenoxy) is 2. The Kier molecular flexibility index (Phi) is 12.2. The molecule has 2 aromatic rings. The zero-order chi connectivity index (χ0) is 33.1. The van der Waals surface area contributed by atoms with Gasteiger partial charge in [-0.15, -0.1) is 0 Å². The molecule has 242 valence electrons. The molecule has 1 unspecified atom stereocenters. The third-order valence-electron chi connectivity index (χ3n) is 6.63. The molecular formula is C32H42N6O7. The van der Waals surface area contributed by atoms with Crippen LogP contribution in [0.5, 0.6) is 0 Å². The molecule has 1 saturated heterocycles. The minimum absolute atomic E-state index is 0.0156. The molecule has 13 nitrogen and oxygen atoms in total. The molecule has 4 amide bonds. The Morgan fingerprint density at radius 3 is 2.24 bits per heavy atom. The quantitative estimate of drug-likeness (QED) is 0.312. The molecular weight excluding hydrogens is 580 g/mol. The smallest absolute Gasteiger partial charge is 0.409 e. The van der Waals surface area contributed by atoms with Crippen molar-refractivity contribution < 1.29 is 33.4 Å². The van der Waals surface area contributed by atoms with E-state index in [1.807, 2.05) is 18.2 Å². The second-order valence-corrected chi connectivity index (χ2v) is 11.6. The lowest BCUT2D eigenvalue weighted by Crippen LogP contribution is -2.56. The maximum Gasteiger partial charge on any atom is 0.409 e. The zero-order valence-electron chi connectivity index (χ0n) is 26.7. The fraction of sp³-hybridized carbons (Fsp3) is 0.469. The number of benzene rings is 1. The van der Waals surface area contributed by atoms with Crippen molar-refractivity contribution in [3.8, 4) is 11.4 Å². The van der Waals surface area contributed by atoms with E-state index in [0.717, 1.165) is 0 Å². The third-order valence-corrected chi connectivity index (χ3v) is 6.63. The summed E-state index contributed by atoms with van der Waals surface area (Å²) in [7, 11) is 3.23. The van der Waals surface area contributed by atoms with Gasteiger partial charge in [-0.1, -0.05) is 30.3 Å². The van der Waals surface area contributed by atoms with Crippen LogP contribution in [0.4, 0.5) is 4.79 Å². The third kappa shape index (κ3) is 10.7. The Morgan fingerprint density at radius 2 is 1.64 bits per heavy atom. The molecule has 1 fully saturated rings. The van der Waals surface area contributed by atoms with Crippen molar-refractivity contribution in [3.05, 3.63) is 53.9 Å². The van der Waals surface area contributed by atoms with Gasteiger partial charge in [-0.3, -0.25) is 19.2 Å². The van der Waals surface area contributed by atoms with Crippen molar-refractivity contribution in [2.75, 3.05) is 46.9 Å². The van der Waals surface area contributed by atoms with Crippen LogP contribution in [0, 0.1) is 0 Å². The van der Waals surface area contributed by atoms with Crippen molar-refractivity contribution in [1.82, 2.24) is 30.0 Å². The van der Waals surface area contributed by atoms with E-state index < -0.39 is 35.5 Å². The number of rotatable bonds is 10. The minimum Gasteiger partial charge on any atom is -0.460 e. The molecule has 1 atom stereocenters. The summed E-state index contributed by atoms with van der Waals surface area (Å²) in [5.74, 6) is -1.57. The Balaban J connectivity index is 1.87. The van der Waals surface area contributed by atoms with Crippen LogP contribution in [-0.2, 0) is 23.9 Å². The zero-order valence-corrected chi connectivity index (χ0v) is 26.7. The highest BCUT2D eigenvalue weighted by molar-refractivity contribution is 5.97. The summed E-state index contributed by atoms with van der Waals surface area (Å²) in [5.41, 5.74) is 0.229.